The molecule has 1 aliphatic rings. The van der Waals surface area contributed by atoms with E-state index in [4.69, 9.17) is 14.5 Å². The molecule has 28 heavy (non-hydrogen) atoms. The van der Waals surface area contributed by atoms with E-state index in [1.807, 2.05) is 12.1 Å². The summed E-state index contributed by atoms with van der Waals surface area (Å²) in [5, 5.41) is 1.07. The first-order valence-corrected chi connectivity index (χ1v) is 10.6. The van der Waals surface area contributed by atoms with Crippen molar-refractivity contribution in [3.8, 4) is 27.6 Å². The van der Waals surface area contributed by atoms with Gasteiger partial charge < -0.3 is 9.47 Å². The van der Waals surface area contributed by atoms with Crippen LogP contribution in [0.2, 0.25) is 0 Å². The van der Waals surface area contributed by atoms with Crippen LogP contribution in [0, 0.1) is 13.8 Å². The average Bonchev–Trinajstić information content (AvgIpc) is 3.11. The van der Waals surface area contributed by atoms with Gasteiger partial charge in [0.05, 0.1) is 18.9 Å². The quantitative estimate of drug-likeness (QED) is 0.601. The maximum Gasteiger partial charge on any atom is 0.124 e. The molecule has 1 saturated heterocycles. The molecular formula is C23H26N2O2S. The van der Waals surface area contributed by atoms with E-state index in [9.17, 15) is 0 Å². The standard InChI is InChI=1S/C23H26N2O2S/c1-17-3-5-20(6-4-17)23-24-22(18(2)28-23)19-7-9-21(10-8-19)27-16-13-25-11-14-26-15-12-25/h3-10H,11-16H2,1-2H3. The van der Waals surface area contributed by atoms with Gasteiger partial charge in [0, 0.05) is 35.6 Å². The zero-order chi connectivity index (χ0) is 19.3. The average molecular weight is 395 g/mol. The van der Waals surface area contributed by atoms with Crippen LogP contribution in [0.3, 0.4) is 0 Å². The molecule has 0 amide bonds. The van der Waals surface area contributed by atoms with Crippen molar-refractivity contribution < 1.29 is 9.47 Å². The van der Waals surface area contributed by atoms with Crippen molar-refractivity contribution in [1.82, 2.24) is 9.88 Å². The lowest BCUT2D eigenvalue weighted by Gasteiger charge is -2.26. The lowest BCUT2D eigenvalue weighted by Crippen LogP contribution is -2.38. The Labute approximate surface area is 170 Å². The fourth-order valence-corrected chi connectivity index (χ4v) is 4.25. The summed E-state index contributed by atoms with van der Waals surface area (Å²) in [5.74, 6) is 0.906. The third-order valence-electron chi connectivity index (χ3n) is 5.00. The lowest BCUT2D eigenvalue weighted by molar-refractivity contribution is 0.0322. The predicted molar refractivity (Wildman–Crippen MR) is 115 cm³/mol. The van der Waals surface area contributed by atoms with Crippen molar-refractivity contribution in [3.63, 3.8) is 0 Å². The minimum Gasteiger partial charge on any atom is -0.492 e. The highest BCUT2D eigenvalue weighted by molar-refractivity contribution is 7.15. The number of thiazole rings is 1. The van der Waals surface area contributed by atoms with Crippen molar-refractivity contribution in [2.75, 3.05) is 39.5 Å². The molecule has 0 aliphatic carbocycles. The normalized spacial score (nSPS) is 14.9. The summed E-state index contributed by atoms with van der Waals surface area (Å²) in [4.78, 5) is 8.50. The Morgan fingerprint density at radius 2 is 1.64 bits per heavy atom. The molecule has 2 heterocycles. The van der Waals surface area contributed by atoms with Crippen molar-refractivity contribution in [3.05, 3.63) is 59.0 Å². The van der Waals surface area contributed by atoms with Crippen molar-refractivity contribution in [2.24, 2.45) is 0 Å². The molecule has 0 saturated carbocycles. The number of benzene rings is 2. The molecule has 4 rings (SSSR count). The second kappa shape index (κ2) is 8.86. The van der Waals surface area contributed by atoms with Gasteiger partial charge in [-0.05, 0) is 38.1 Å². The maximum absolute atomic E-state index is 5.92. The number of hydrogen-bond acceptors (Lipinski definition) is 5. The first kappa shape index (κ1) is 19.1. The van der Waals surface area contributed by atoms with Crippen LogP contribution in [0.15, 0.2) is 48.5 Å². The minimum atomic E-state index is 0.701. The summed E-state index contributed by atoms with van der Waals surface area (Å²) in [6.07, 6.45) is 0. The van der Waals surface area contributed by atoms with E-state index in [2.05, 4.69) is 55.1 Å². The van der Waals surface area contributed by atoms with Crippen LogP contribution in [0.25, 0.3) is 21.8 Å². The van der Waals surface area contributed by atoms with E-state index in [1.54, 1.807) is 11.3 Å². The lowest BCUT2D eigenvalue weighted by atomic mass is 10.1. The Hall–Kier alpha value is -2.21. The third-order valence-corrected chi connectivity index (χ3v) is 6.02. The van der Waals surface area contributed by atoms with Crippen LogP contribution in [0.5, 0.6) is 5.75 Å². The summed E-state index contributed by atoms with van der Waals surface area (Å²) in [7, 11) is 0. The number of nitrogens with zero attached hydrogens (tertiary/aromatic N) is 2. The Morgan fingerprint density at radius 1 is 0.964 bits per heavy atom. The fraction of sp³-hybridized carbons (Fsp3) is 0.348. The smallest absolute Gasteiger partial charge is 0.124 e. The van der Waals surface area contributed by atoms with Gasteiger partial charge in [-0.2, -0.15) is 0 Å². The highest BCUT2D eigenvalue weighted by Gasteiger charge is 2.12. The number of aryl methyl sites for hydroxylation is 2. The topological polar surface area (TPSA) is 34.6 Å². The van der Waals surface area contributed by atoms with E-state index in [0.29, 0.717) is 6.61 Å². The van der Waals surface area contributed by atoms with E-state index in [0.717, 1.165) is 54.9 Å². The van der Waals surface area contributed by atoms with Crippen molar-refractivity contribution >= 4 is 11.3 Å². The Bertz CT molecular complexity index is 897. The molecule has 0 unspecified atom stereocenters. The van der Waals surface area contributed by atoms with Crippen LogP contribution in [-0.4, -0.2) is 49.3 Å². The minimum absolute atomic E-state index is 0.701. The van der Waals surface area contributed by atoms with Gasteiger partial charge in [-0.15, -0.1) is 11.3 Å². The van der Waals surface area contributed by atoms with Crippen LogP contribution in [0.1, 0.15) is 10.4 Å². The Balaban J connectivity index is 1.40. The molecular weight excluding hydrogens is 368 g/mol. The highest BCUT2D eigenvalue weighted by atomic mass is 32.1. The van der Waals surface area contributed by atoms with Gasteiger partial charge in [0.15, 0.2) is 0 Å². The van der Waals surface area contributed by atoms with Gasteiger partial charge in [0.1, 0.15) is 17.4 Å². The number of ether oxygens (including phenoxy) is 2. The second-order valence-electron chi connectivity index (χ2n) is 7.12. The summed E-state index contributed by atoms with van der Waals surface area (Å²) >= 11 is 1.74. The molecule has 1 aliphatic heterocycles. The molecule has 3 aromatic rings. The van der Waals surface area contributed by atoms with Gasteiger partial charge in [-0.25, -0.2) is 4.98 Å². The van der Waals surface area contributed by atoms with Crippen molar-refractivity contribution in [2.45, 2.75) is 13.8 Å². The first-order chi connectivity index (χ1) is 13.7. The SMILES string of the molecule is Cc1ccc(-c2nc(-c3ccc(OCCN4CCOCC4)cc3)c(C)s2)cc1. The van der Waals surface area contributed by atoms with E-state index in [1.165, 1.54) is 16.0 Å². The molecule has 0 atom stereocenters. The molecule has 0 bridgehead atoms. The maximum atomic E-state index is 5.92. The summed E-state index contributed by atoms with van der Waals surface area (Å²) in [6, 6.07) is 16.8. The van der Waals surface area contributed by atoms with Gasteiger partial charge in [-0.1, -0.05) is 29.8 Å². The Morgan fingerprint density at radius 3 is 2.36 bits per heavy atom. The van der Waals surface area contributed by atoms with E-state index < -0.39 is 0 Å². The summed E-state index contributed by atoms with van der Waals surface area (Å²) < 4.78 is 11.3. The summed E-state index contributed by atoms with van der Waals surface area (Å²) in [5.41, 5.74) is 4.63. The fourth-order valence-electron chi connectivity index (χ4n) is 3.31. The van der Waals surface area contributed by atoms with Gasteiger partial charge >= 0.3 is 0 Å². The highest BCUT2D eigenvalue weighted by Crippen LogP contribution is 2.34. The molecule has 1 fully saturated rings. The summed E-state index contributed by atoms with van der Waals surface area (Å²) in [6.45, 7) is 9.52. The molecule has 2 aromatic carbocycles. The number of aromatic nitrogens is 1. The number of morpholine rings is 1. The van der Waals surface area contributed by atoms with Crippen LogP contribution >= 0.6 is 11.3 Å². The van der Waals surface area contributed by atoms with Gasteiger partial charge in [0.2, 0.25) is 0 Å². The monoisotopic (exact) mass is 394 g/mol. The second-order valence-corrected chi connectivity index (χ2v) is 8.32. The molecule has 4 nitrogen and oxygen atoms in total. The zero-order valence-corrected chi connectivity index (χ0v) is 17.3. The first-order valence-electron chi connectivity index (χ1n) is 9.77. The van der Waals surface area contributed by atoms with Crippen molar-refractivity contribution in [1.29, 1.82) is 0 Å². The van der Waals surface area contributed by atoms with E-state index >= 15 is 0 Å². The Kier molecular flexibility index (Phi) is 6.05. The molecule has 0 spiro atoms. The molecule has 5 heteroatoms. The zero-order valence-electron chi connectivity index (χ0n) is 16.5. The molecule has 146 valence electrons. The largest absolute Gasteiger partial charge is 0.492 e. The van der Waals surface area contributed by atoms with Crippen LogP contribution < -0.4 is 4.74 Å². The van der Waals surface area contributed by atoms with Crippen LogP contribution in [-0.2, 0) is 4.74 Å². The predicted octanol–water partition coefficient (Wildman–Crippen LogP) is 4.80. The van der Waals surface area contributed by atoms with Gasteiger partial charge in [0.25, 0.3) is 0 Å². The van der Waals surface area contributed by atoms with Crippen LogP contribution in [0.4, 0.5) is 0 Å². The molecule has 0 N–H and O–H groups in total. The number of rotatable bonds is 6. The van der Waals surface area contributed by atoms with Gasteiger partial charge in [-0.3, -0.25) is 4.90 Å². The third kappa shape index (κ3) is 4.61. The molecule has 1 aromatic heterocycles. The molecule has 0 radical (unpaired) electrons. The number of hydrogen-bond donors (Lipinski definition) is 0. The van der Waals surface area contributed by atoms with E-state index in [-0.39, 0.29) is 0 Å².